The van der Waals surface area contributed by atoms with Crippen molar-refractivity contribution in [2.45, 2.75) is 56.5 Å². The van der Waals surface area contributed by atoms with E-state index in [9.17, 15) is 13.9 Å². The largest absolute Gasteiger partial charge is 0.387 e. The predicted molar refractivity (Wildman–Crippen MR) is 103 cm³/mol. The third-order valence-electron chi connectivity index (χ3n) is 6.53. The van der Waals surface area contributed by atoms with Crippen LogP contribution in [-0.2, 0) is 0 Å². The molecule has 146 valence electrons. The lowest BCUT2D eigenvalue weighted by atomic mass is 9.75. The highest BCUT2D eigenvalue weighted by Crippen LogP contribution is 2.47. The highest BCUT2D eigenvalue weighted by atomic mass is 19.1. The fourth-order valence-corrected chi connectivity index (χ4v) is 4.88. The molecule has 1 atom stereocenters. The fraction of sp³-hybridized carbons (Fsp3) is 0.435. The molecule has 28 heavy (non-hydrogen) atoms. The molecule has 5 heteroatoms. The first-order valence-electron chi connectivity index (χ1n) is 10.2. The van der Waals surface area contributed by atoms with Crippen LogP contribution in [0.3, 0.4) is 0 Å². The van der Waals surface area contributed by atoms with Gasteiger partial charge in [-0.15, -0.1) is 0 Å². The second-order valence-electron chi connectivity index (χ2n) is 8.40. The average Bonchev–Trinajstić information content (AvgIpc) is 3.42. The number of pyridine rings is 1. The SMILES string of the molecule is O[C@H](c1c(C2CC2)ccc2cncn12)[C@H]1CC[C@H](c2cc(F)cc(F)c2)CC1. The van der Waals surface area contributed by atoms with E-state index < -0.39 is 17.7 Å². The number of halogens is 2. The summed E-state index contributed by atoms with van der Waals surface area (Å²) >= 11 is 0. The van der Waals surface area contributed by atoms with E-state index in [1.165, 1.54) is 30.5 Å². The average molecular weight is 382 g/mol. The Bertz CT molecular complexity index is 983. The summed E-state index contributed by atoms with van der Waals surface area (Å²) in [4.78, 5) is 4.26. The van der Waals surface area contributed by atoms with E-state index in [2.05, 4.69) is 17.1 Å². The van der Waals surface area contributed by atoms with E-state index in [-0.39, 0.29) is 11.8 Å². The van der Waals surface area contributed by atoms with E-state index in [0.29, 0.717) is 5.92 Å². The van der Waals surface area contributed by atoms with Gasteiger partial charge in [-0.3, -0.25) is 0 Å². The van der Waals surface area contributed by atoms with Crippen LogP contribution in [0.15, 0.2) is 42.9 Å². The number of aromatic nitrogens is 2. The zero-order valence-corrected chi connectivity index (χ0v) is 15.7. The maximum atomic E-state index is 13.6. The van der Waals surface area contributed by atoms with Crippen LogP contribution in [-0.4, -0.2) is 14.5 Å². The minimum atomic E-state index is -0.543. The van der Waals surface area contributed by atoms with Crippen molar-refractivity contribution in [3.05, 3.63) is 71.3 Å². The van der Waals surface area contributed by atoms with Crippen LogP contribution in [0.2, 0.25) is 0 Å². The molecule has 0 bridgehead atoms. The molecule has 0 radical (unpaired) electrons. The van der Waals surface area contributed by atoms with E-state index in [0.717, 1.165) is 48.5 Å². The van der Waals surface area contributed by atoms with Crippen molar-refractivity contribution in [2.24, 2.45) is 5.92 Å². The van der Waals surface area contributed by atoms with Gasteiger partial charge in [0.2, 0.25) is 0 Å². The molecule has 5 rings (SSSR count). The Morgan fingerprint density at radius 3 is 2.29 bits per heavy atom. The fourth-order valence-electron chi connectivity index (χ4n) is 4.88. The van der Waals surface area contributed by atoms with E-state index in [1.807, 2.05) is 10.6 Å². The molecular weight excluding hydrogens is 358 g/mol. The zero-order valence-electron chi connectivity index (χ0n) is 15.7. The van der Waals surface area contributed by atoms with Gasteiger partial charge in [0.05, 0.1) is 29.8 Å². The lowest BCUT2D eigenvalue weighted by Gasteiger charge is -2.33. The number of aliphatic hydroxyl groups excluding tert-OH is 1. The van der Waals surface area contributed by atoms with Crippen molar-refractivity contribution in [1.82, 2.24) is 9.38 Å². The number of imidazole rings is 1. The summed E-state index contributed by atoms with van der Waals surface area (Å²) in [7, 11) is 0. The second kappa shape index (κ2) is 6.96. The number of hydrogen-bond acceptors (Lipinski definition) is 2. The molecule has 0 unspecified atom stereocenters. The molecule has 1 aromatic carbocycles. The normalized spacial score (nSPS) is 23.8. The van der Waals surface area contributed by atoms with Crippen LogP contribution in [0.1, 0.15) is 73.3 Å². The summed E-state index contributed by atoms with van der Waals surface area (Å²) in [6, 6.07) is 8.04. The smallest absolute Gasteiger partial charge is 0.126 e. The summed E-state index contributed by atoms with van der Waals surface area (Å²) in [5.74, 6) is -0.181. The van der Waals surface area contributed by atoms with Gasteiger partial charge in [-0.25, -0.2) is 13.8 Å². The molecule has 2 aliphatic carbocycles. The molecule has 2 aliphatic rings. The lowest BCUT2D eigenvalue weighted by Crippen LogP contribution is -2.22. The van der Waals surface area contributed by atoms with E-state index in [4.69, 9.17) is 0 Å². The van der Waals surface area contributed by atoms with Gasteiger partial charge in [0, 0.05) is 6.07 Å². The first kappa shape index (κ1) is 17.8. The van der Waals surface area contributed by atoms with Gasteiger partial charge < -0.3 is 9.51 Å². The van der Waals surface area contributed by atoms with Gasteiger partial charge in [0.1, 0.15) is 11.6 Å². The Hall–Kier alpha value is -2.27. The quantitative estimate of drug-likeness (QED) is 0.647. The maximum absolute atomic E-state index is 13.6. The molecule has 0 amide bonds. The standard InChI is InChI=1S/C23H24F2N2O/c24-18-9-17(10-19(25)11-18)14-1-5-16(6-2-14)23(28)22-21(15-3-4-15)8-7-20-12-26-13-27(20)22/h7-16,23,28H,1-6H2/t14-,16-,23-/m0/s1. The first-order chi connectivity index (χ1) is 13.6. The molecule has 3 aromatic rings. The summed E-state index contributed by atoms with van der Waals surface area (Å²) in [6.07, 6.45) is 8.79. The van der Waals surface area contributed by atoms with Crippen molar-refractivity contribution in [2.75, 3.05) is 0 Å². The Kier molecular flexibility index (Phi) is 4.43. The molecule has 2 heterocycles. The van der Waals surface area contributed by atoms with E-state index in [1.54, 1.807) is 6.33 Å². The monoisotopic (exact) mass is 382 g/mol. The maximum Gasteiger partial charge on any atom is 0.126 e. The van der Waals surface area contributed by atoms with Crippen molar-refractivity contribution >= 4 is 5.52 Å². The molecule has 0 saturated heterocycles. The number of hydrogen-bond donors (Lipinski definition) is 1. The third-order valence-corrected chi connectivity index (χ3v) is 6.53. The van der Waals surface area contributed by atoms with Crippen molar-refractivity contribution in [3.8, 4) is 0 Å². The topological polar surface area (TPSA) is 37.5 Å². The second-order valence-corrected chi connectivity index (χ2v) is 8.40. The molecule has 2 aromatic heterocycles. The van der Waals surface area contributed by atoms with Crippen molar-refractivity contribution in [1.29, 1.82) is 0 Å². The summed E-state index contributed by atoms with van der Waals surface area (Å²) in [6.45, 7) is 0. The first-order valence-corrected chi connectivity index (χ1v) is 10.2. The Balaban J connectivity index is 1.38. The molecular formula is C23H24F2N2O. The third kappa shape index (κ3) is 3.22. The molecule has 2 fully saturated rings. The zero-order chi connectivity index (χ0) is 19.3. The van der Waals surface area contributed by atoms with Crippen LogP contribution >= 0.6 is 0 Å². The van der Waals surface area contributed by atoms with Crippen molar-refractivity contribution in [3.63, 3.8) is 0 Å². The minimum absolute atomic E-state index is 0.153. The van der Waals surface area contributed by atoms with Gasteiger partial charge >= 0.3 is 0 Å². The van der Waals surface area contributed by atoms with Crippen LogP contribution in [0.25, 0.3) is 5.52 Å². The highest BCUT2D eigenvalue weighted by Gasteiger charge is 2.34. The lowest BCUT2D eigenvalue weighted by molar-refractivity contribution is 0.0754. The number of nitrogens with zero attached hydrogens (tertiary/aromatic N) is 2. The van der Waals surface area contributed by atoms with Crippen LogP contribution in [0, 0.1) is 17.6 Å². The van der Waals surface area contributed by atoms with Gasteiger partial charge in [0.15, 0.2) is 0 Å². The number of rotatable bonds is 4. The van der Waals surface area contributed by atoms with Crippen LogP contribution in [0.5, 0.6) is 0 Å². The summed E-state index contributed by atoms with van der Waals surface area (Å²) < 4.78 is 29.2. The van der Waals surface area contributed by atoms with Gasteiger partial charge in [-0.1, -0.05) is 6.07 Å². The summed E-state index contributed by atoms with van der Waals surface area (Å²) in [5.41, 5.74) is 3.97. The minimum Gasteiger partial charge on any atom is -0.387 e. The molecule has 3 nitrogen and oxygen atoms in total. The number of fused-ring (bicyclic) bond motifs is 1. The predicted octanol–water partition coefficient (Wildman–Crippen LogP) is 5.50. The van der Waals surface area contributed by atoms with Crippen LogP contribution < -0.4 is 0 Å². The Morgan fingerprint density at radius 1 is 0.929 bits per heavy atom. The Morgan fingerprint density at radius 2 is 1.61 bits per heavy atom. The van der Waals surface area contributed by atoms with Crippen LogP contribution in [0.4, 0.5) is 8.78 Å². The van der Waals surface area contributed by atoms with Gasteiger partial charge in [0.25, 0.3) is 0 Å². The van der Waals surface area contributed by atoms with Gasteiger partial charge in [-0.2, -0.15) is 0 Å². The molecule has 1 N–H and O–H groups in total. The number of aliphatic hydroxyl groups is 1. The van der Waals surface area contributed by atoms with Crippen molar-refractivity contribution < 1.29 is 13.9 Å². The summed E-state index contributed by atoms with van der Waals surface area (Å²) in [5, 5.41) is 11.3. The highest BCUT2D eigenvalue weighted by molar-refractivity contribution is 5.50. The number of benzene rings is 1. The van der Waals surface area contributed by atoms with E-state index >= 15 is 0 Å². The molecule has 0 aliphatic heterocycles. The van der Waals surface area contributed by atoms with Gasteiger partial charge in [-0.05, 0) is 85.6 Å². The Labute approximate surface area is 163 Å². The molecule has 0 spiro atoms. The molecule has 2 saturated carbocycles.